The number of thiazole rings is 1. The van der Waals surface area contributed by atoms with Crippen molar-refractivity contribution in [2.24, 2.45) is 5.73 Å². The van der Waals surface area contributed by atoms with Crippen LogP contribution in [-0.4, -0.2) is 21.1 Å². The van der Waals surface area contributed by atoms with Gasteiger partial charge in [0.2, 0.25) is 0 Å². The zero-order chi connectivity index (χ0) is 12.3. The van der Waals surface area contributed by atoms with Crippen LogP contribution in [0.5, 0.6) is 0 Å². The van der Waals surface area contributed by atoms with Gasteiger partial charge in [0.15, 0.2) is 5.69 Å². The van der Waals surface area contributed by atoms with Gasteiger partial charge in [-0.25, -0.2) is 4.98 Å². The highest BCUT2D eigenvalue weighted by atomic mass is 32.1. The standard InChI is InChI=1S/C10H11N5OS/c1-6-5-17-9(13-6)4-12-8-3-2-7(10(11)16)14-15-8/h2-3,5H,4H2,1H3,(H2,11,16)(H,12,15). The number of anilines is 1. The molecule has 0 unspecified atom stereocenters. The predicted octanol–water partition coefficient (Wildman–Crippen LogP) is 0.953. The first-order chi connectivity index (χ1) is 8.15. The fraction of sp³-hybridized carbons (Fsp3) is 0.200. The van der Waals surface area contributed by atoms with Gasteiger partial charge in [0.1, 0.15) is 10.8 Å². The summed E-state index contributed by atoms with van der Waals surface area (Å²) in [5.74, 6) is 0.00227. The Kier molecular flexibility index (Phi) is 3.29. The molecule has 0 aromatic carbocycles. The van der Waals surface area contributed by atoms with Crippen molar-refractivity contribution in [2.75, 3.05) is 5.32 Å². The van der Waals surface area contributed by atoms with Crippen molar-refractivity contribution in [1.29, 1.82) is 0 Å². The molecule has 3 N–H and O–H groups in total. The molecule has 0 aliphatic rings. The molecule has 2 aromatic heterocycles. The van der Waals surface area contributed by atoms with Gasteiger partial charge in [0.05, 0.1) is 6.54 Å². The van der Waals surface area contributed by atoms with Gasteiger partial charge in [-0.2, -0.15) is 0 Å². The molecule has 0 spiro atoms. The number of hydrogen-bond acceptors (Lipinski definition) is 6. The molecule has 0 saturated carbocycles. The summed E-state index contributed by atoms with van der Waals surface area (Å²) in [6.07, 6.45) is 0. The van der Waals surface area contributed by atoms with E-state index >= 15 is 0 Å². The van der Waals surface area contributed by atoms with Crippen molar-refractivity contribution in [2.45, 2.75) is 13.5 Å². The quantitative estimate of drug-likeness (QED) is 0.841. The Morgan fingerprint density at radius 1 is 1.47 bits per heavy atom. The average molecular weight is 249 g/mol. The predicted molar refractivity (Wildman–Crippen MR) is 64.7 cm³/mol. The zero-order valence-electron chi connectivity index (χ0n) is 9.17. The smallest absolute Gasteiger partial charge is 0.269 e. The third-order valence-electron chi connectivity index (χ3n) is 2.00. The fourth-order valence-corrected chi connectivity index (χ4v) is 1.92. The lowest BCUT2D eigenvalue weighted by Gasteiger charge is -2.02. The Bertz CT molecular complexity index is 522. The van der Waals surface area contributed by atoms with Gasteiger partial charge in [-0.3, -0.25) is 4.79 Å². The molecule has 0 aliphatic heterocycles. The number of amides is 1. The van der Waals surface area contributed by atoms with Crippen molar-refractivity contribution < 1.29 is 4.79 Å². The second-order valence-corrected chi connectivity index (χ2v) is 4.35. The molecule has 17 heavy (non-hydrogen) atoms. The monoisotopic (exact) mass is 249 g/mol. The molecule has 0 atom stereocenters. The minimum Gasteiger partial charge on any atom is -0.364 e. The number of hydrogen-bond donors (Lipinski definition) is 2. The van der Waals surface area contributed by atoms with Crippen molar-refractivity contribution in [3.05, 3.63) is 33.9 Å². The lowest BCUT2D eigenvalue weighted by molar-refractivity contribution is 0.0994. The molecule has 88 valence electrons. The lowest BCUT2D eigenvalue weighted by atomic mass is 10.4. The highest BCUT2D eigenvalue weighted by Gasteiger charge is 2.03. The second-order valence-electron chi connectivity index (χ2n) is 3.40. The highest BCUT2D eigenvalue weighted by molar-refractivity contribution is 7.09. The van der Waals surface area contributed by atoms with E-state index < -0.39 is 5.91 Å². The van der Waals surface area contributed by atoms with Gasteiger partial charge >= 0.3 is 0 Å². The molecule has 2 heterocycles. The molecule has 1 amide bonds. The van der Waals surface area contributed by atoms with Crippen LogP contribution < -0.4 is 11.1 Å². The molecule has 7 heteroatoms. The first kappa shape index (κ1) is 11.5. The van der Waals surface area contributed by atoms with E-state index in [1.165, 1.54) is 6.07 Å². The number of primary amides is 1. The van der Waals surface area contributed by atoms with Crippen molar-refractivity contribution >= 4 is 23.1 Å². The van der Waals surface area contributed by atoms with Crippen molar-refractivity contribution in [3.8, 4) is 0 Å². The lowest BCUT2D eigenvalue weighted by Crippen LogP contribution is -2.14. The molecule has 0 fully saturated rings. The van der Waals surface area contributed by atoms with E-state index in [0.29, 0.717) is 12.4 Å². The number of aryl methyl sites for hydroxylation is 1. The van der Waals surface area contributed by atoms with E-state index in [2.05, 4.69) is 20.5 Å². The zero-order valence-corrected chi connectivity index (χ0v) is 9.99. The van der Waals surface area contributed by atoms with Crippen LogP contribution >= 0.6 is 11.3 Å². The molecule has 6 nitrogen and oxygen atoms in total. The normalized spacial score (nSPS) is 10.2. The molecule has 0 bridgehead atoms. The molecular formula is C10H11N5OS. The molecular weight excluding hydrogens is 238 g/mol. The van der Waals surface area contributed by atoms with Crippen LogP contribution in [0.2, 0.25) is 0 Å². The van der Waals surface area contributed by atoms with Gasteiger partial charge in [-0.05, 0) is 19.1 Å². The molecule has 0 aliphatic carbocycles. The molecule has 2 rings (SSSR count). The van der Waals surface area contributed by atoms with E-state index in [9.17, 15) is 4.79 Å². The fourth-order valence-electron chi connectivity index (χ4n) is 1.21. The maximum absolute atomic E-state index is 10.8. The van der Waals surface area contributed by atoms with Gasteiger partial charge in [0.25, 0.3) is 5.91 Å². The van der Waals surface area contributed by atoms with Crippen LogP contribution in [-0.2, 0) is 6.54 Å². The van der Waals surface area contributed by atoms with Crippen LogP contribution in [0.3, 0.4) is 0 Å². The number of nitrogens with zero attached hydrogens (tertiary/aromatic N) is 3. The molecule has 2 aromatic rings. The number of aromatic nitrogens is 3. The third-order valence-corrected chi connectivity index (χ3v) is 2.97. The largest absolute Gasteiger partial charge is 0.364 e. The van der Waals surface area contributed by atoms with Crippen LogP contribution in [0.15, 0.2) is 17.5 Å². The summed E-state index contributed by atoms with van der Waals surface area (Å²) in [6, 6.07) is 3.19. The highest BCUT2D eigenvalue weighted by Crippen LogP contribution is 2.10. The van der Waals surface area contributed by atoms with Crippen molar-refractivity contribution in [1.82, 2.24) is 15.2 Å². The molecule has 0 saturated heterocycles. The van der Waals surface area contributed by atoms with Crippen LogP contribution in [0, 0.1) is 6.92 Å². The summed E-state index contributed by atoms with van der Waals surface area (Å²) in [5.41, 5.74) is 6.22. The van der Waals surface area contributed by atoms with E-state index in [1.807, 2.05) is 12.3 Å². The first-order valence-electron chi connectivity index (χ1n) is 4.93. The summed E-state index contributed by atoms with van der Waals surface area (Å²) in [4.78, 5) is 15.1. The average Bonchev–Trinajstić information content (AvgIpc) is 2.73. The number of carbonyl (C=O) groups is 1. The minimum absolute atomic E-state index is 0.153. The minimum atomic E-state index is -0.584. The topological polar surface area (TPSA) is 93.8 Å². The Morgan fingerprint density at radius 2 is 2.29 bits per heavy atom. The third kappa shape index (κ3) is 2.97. The van der Waals surface area contributed by atoms with Crippen molar-refractivity contribution in [3.63, 3.8) is 0 Å². The number of rotatable bonds is 4. The Morgan fingerprint density at radius 3 is 2.82 bits per heavy atom. The van der Waals surface area contributed by atoms with Crippen LogP contribution in [0.1, 0.15) is 21.2 Å². The van der Waals surface area contributed by atoms with Gasteiger partial charge < -0.3 is 11.1 Å². The van der Waals surface area contributed by atoms with E-state index in [4.69, 9.17) is 5.73 Å². The van der Waals surface area contributed by atoms with Crippen LogP contribution in [0.4, 0.5) is 5.82 Å². The maximum atomic E-state index is 10.8. The summed E-state index contributed by atoms with van der Waals surface area (Å²) >= 11 is 1.58. The van der Waals surface area contributed by atoms with Gasteiger partial charge in [-0.1, -0.05) is 0 Å². The number of nitrogens with two attached hydrogens (primary N) is 1. The number of nitrogens with one attached hydrogen (secondary N) is 1. The Labute approximate surface area is 102 Å². The van der Waals surface area contributed by atoms with E-state index in [0.717, 1.165) is 10.7 Å². The van der Waals surface area contributed by atoms with Crippen LogP contribution in [0.25, 0.3) is 0 Å². The van der Waals surface area contributed by atoms with Gasteiger partial charge in [-0.15, -0.1) is 21.5 Å². The van der Waals surface area contributed by atoms with Gasteiger partial charge in [0, 0.05) is 11.1 Å². The summed E-state index contributed by atoms with van der Waals surface area (Å²) in [6.45, 7) is 2.53. The second kappa shape index (κ2) is 4.88. The first-order valence-corrected chi connectivity index (χ1v) is 5.81. The Balaban J connectivity index is 1.97. The summed E-state index contributed by atoms with van der Waals surface area (Å²) < 4.78 is 0. The number of carbonyl (C=O) groups excluding carboxylic acids is 1. The Hall–Kier alpha value is -2.02. The summed E-state index contributed by atoms with van der Waals surface area (Å²) in [5, 5.41) is 13.6. The van der Waals surface area contributed by atoms with E-state index in [-0.39, 0.29) is 5.69 Å². The van der Waals surface area contributed by atoms with E-state index in [1.54, 1.807) is 17.4 Å². The maximum Gasteiger partial charge on any atom is 0.269 e. The summed E-state index contributed by atoms with van der Waals surface area (Å²) in [7, 11) is 0. The molecule has 0 radical (unpaired) electrons. The SMILES string of the molecule is Cc1csc(CNc2ccc(C(N)=O)nn2)n1.